The molecule has 0 aromatic heterocycles. The fourth-order valence-electron chi connectivity index (χ4n) is 4.83. The van der Waals surface area contributed by atoms with Crippen LogP contribution in [0.15, 0.2) is 119 Å². The van der Waals surface area contributed by atoms with Crippen molar-refractivity contribution in [3.8, 4) is 0 Å². The summed E-state index contributed by atoms with van der Waals surface area (Å²) in [6, 6.07) is 23.9. The van der Waals surface area contributed by atoms with Crippen molar-refractivity contribution in [2.75, 3.05) is 0 Å². The first-order valence-electron chi connectivity index (χ1n) is 12.8. The van der Waals surface area contributed by atoms with Crippen molar-refractivity contribution < 1.29 is 26.4 Å². The molecular weight excluding hydrogens is 619 g/mol. The van der Waals surface area contributed by atoms with Crippen LogP contribution in [0.2, 0.25) is 10.0 Å². The molecule has 4 aromatic rings. The van der Waals surface area contributed by atoms with Gasteiger partial charge in [-0.15, -0.1) is 0 Å². The van der Waals surface area contributed by atoms with E-state index in [0.29, 0.717) is 19.7 Å². The van der Waals surface area contributed by atoms with E-state index in [1.807, 2.05) is 0 Å². The molecule has 1 fully saturated rings. The van der Waals surface area contributed by atoms with Gasteiger partial charge in [0.1, 0.15) is 12.1 Å². The monoisotopic (exact) mass is 642 g/mol. The molecule has 2 amide bonds. The van der Waals surface area contributed by atoms with Crippen LogP contribution in [0.5, 0.6) is 0 Å². The van der Waals surface area contributed by atoms with Crippen LogP contribution in [0.3, 0.4) is 0 Å². The Hall–Kier alpha value is -3.70. The zero-order valence-electron chi connectivity index (χ0n) is 21.9. The van der Waals surface area contributed by atoms with Gasteiger partial charge in [0.25, 0.3) is 31.9 Å². The molecule has 1 heterocycles. The third-order valence-corrected chi connectivity index (χ3v) is 11.0. The minimum Gasteiger partial charge on any atom is -0.271 e. The van der Waals surface area contributed by atoms with Crippen LogP contribution in [0, 0.1) is 0 Å². The third-order valence-electron chi connectivity index (χ3n) is 6.86. The highest BCUT2D eigenvalue weighted by molar-refractivity contribution is 7.90. The second-order valence-electron chi connectivity index (χ2n) is 9.60. The lowest BCUT2D eigenvalue weighted by atomic mass is 9.98. The van der Waals surface area contributed by atoms with Gasteiger partial charge in [-0.3, -0.25) is 9.59 Å². The lowest BCUT2D eigenvalue weighted by Crippen LogP contribution is -2.68. The van der Waals surface area contributed by atoms with Crippen LogP contribution >= 0.6 is 23.2 Å². The standard InChI is InChI=1S/C30H24Cl2N2O6S2/c31-23-11-15-25(16-12-23)41(37,38)33-27(19-21-7-3-1-4-8-21)29(35)34(42(39,40)26-17-13-24(32)14-18-26)28(30(33)36)20-22-9-5-2-6-10-22/h1-18,27-28H,19-20H2. The average Bonchev–Trinajstić information content (AvgIpc) is 2.97. The number of piperazine rings is 1. The molecule has 0 spiro atoms. The van der Waals surface area contributed by atoms with E-state index in [1.165, 1.54) is 48.5 Å². The number of benzene rings is 4. The Morgan fingerprint density at radius 3 is 1.12 bits per heavy atom. The van der Waals surface area contributed by atoms with Crippen LogP contribution in [0.1, 0.15) is 11.1 Å². The van der Waals surface area contributed by atoms with Gasteiger partial charge in [0.2, 0.25) is 0 Å². The number of sulfonamides is 2. The summed E-state index contributed by atoms with van der Waals surface area (Å²) in [7, 11) is -9.26. The normalized spacial score (nSPS) is 17.9. The number of hydrogen-bond donors (Lipinski definition) is 0. The summed E-state index contributed by atoms with van der Waals surface area (Å²) in [6.45, 7) is 0. The Morgan fingerprint density at radius 1 is 0.500 bits per heavy atom. The third kappa shape index (κ3) is 5.80. The number of carbonyl (C=O) groups is 2. The average molecular weight is 644 g/mol. The largest absolute Gasteiger partial charge is 0.271 e. The fourth-order valence-corrected chi connectivity index (χ4v) is 8.21. The molecule has 2 atom stereocenters. The minimum absolute atomic E-state index is 0.247. The Kier molecular flexibility index (Phi) is 8.43. The van der Waals surface area contributed by atoms with Crippen LogP contribution in [0.25, 0.3) is 0 Å². The summed E-state index contributed by atoms with van der Waals surface area (Å²) in [5, 5.41) is 0.552. The second kappa shape index (κ2) is 11.9. The van der Waals surface area contributed by atoms with Crippen molar-refractivity contribution in [3.05, 3.63) is 130 Å². The maximum Gasteiger partial charge on any atom is 0.267 e. The molecular formula is C30H24Cl2N2O6S2. The van der Waals surface area contributed by atoms with Gasteiger partial charge >= 0.3 is 0 Å². The summed E-state index contributed by atoms with van der Waals surface area (Å²) in [4.78, 5) is 28.2. The molecule has 1 aliphatic rings. The smallest absolute Gasteiger partial charge is 0.267 e. The van der Waals surface area contributed by atoms with Gasteiger partial charge in [0.05, 0.1) is 9.79 Å². The maximum atomic E-state index is 14.3. The Balaban J connectivity index is 1.70. The van der Waals surface area contributed by atoms with Gasteiger partial charge in [-0.2, -0.15) is 0 Å². The number of halogens is 2. The molecule has 0 radical (unpaired) electrons. The van der Waals surface area contributed by atoms with Crippen molar-refractivity contribution in [1.29, 1.82) is 0 Å². The molecule has 2 unspecified atom stereocenters. The molecule has 216 valence electrons. The van der Waals surface area contributed by atoms with E-state index in [4.69, 9.17) is 23.2 Å². The van der Waals surface area contributed by atoms with E-state index >= 15 is 0 Å². The topological polar surface area (TPSA) is 109 Å². The highest BCUT2D eigenvalue weighted by atomic mass is 35.5. The van der Waals surface area contributed by atoms with E-state index in [9.17, 15) is 26.4 Å². The number of hydrogen-bond acceptors (Lipinski definition) is 6. The van der Waals surface area contributed by atoms with Gasteiger partial charge in [-0.1, -0.05) is 83.9 Å². The van der Waals surface area contributed by atoms with E-state index < -0.39 is 43.9 Å². The summed E-state index contributed by atoms with van der Waals surface area (Å²) in [6.07, 6.45) is -0.494. The first-order chi connectivity index (χ1) is 20.0. The highest BCUT2D eigenvalue weighted by Gasteiger charge is 2.55. The second-order valence-corrected chi connectivity index (χ2v) is 14.1. The Bertz CT molecular complexity index is 1680. The van der Waals surface area contributed by atoms with Crippen molar-refractivity contribution in [3.63, 3.8) is 0 Å². The molecule has 0 aliphatic carbocycles. The van der Waals surface area contributed by atoms with Crippen molar-refractivity contribution in [1.82, 2.24) is 8.61 Å². The van der Waals surface area contributed by atoms with E-state index in [2.05, 4.69) is 0 Å². The van der Waals surface area contributed by atoms with Crippen LogP contribution in [-0.4, -0.2) is 49.3 Å². The summed E-state index contributed by atoms with van der Waals surface area (Å²) in [5.74, 6) is -2.10. The SMILES string of the molecule is O=C1C(Cc2ccccc2)N(S(=O)(=O)c2ccc(Cl)cc2)C(=O)C(Cc2ccccc2)N1S(=O)(=O)c1ccc(Cl)cc1. The first-order valence-corrected chi connectivity index (χ1v) is 16.4. The zero-order chi connectivity index (χ0) is 30.1. The molecule has 0 saturated carbocycles. The predicted octanol–water partition coefficient (Wildman–Crippen LogP) is 4.96. The first kappa shape index (κ1) is 29.8. The molecule has 0 bridgehead atoms. The van der Waals surface area contributed by atoms with Crippen LogP contribution in [-0.2, 0) is 42.5 Å². The number of carbonyl (C=O) groups excluding carboxylic acids is 2. The molecule has 4 aromatic carbocycles. The van der Waals surface area contributed by atoms with Gasteiger partial charge in [-0.25, -0.2) is 25.4 Å². The van der Waals surface area contributed by atoms with Crippen molar-refractivity contribution >= 4 is 55.1 Å². The molecule has 8 nitrogen and oxygen atoms in total. The Labute approximate surface area is 254 Å². The fraction of sp³-hybridized carbons (Fsp3) is 0.133. The highest BCUT2D eigenvalue weighted by Crippen LogP contribution is 2.34. The number of amides is 2. The molecule has 1 saturated heterocycles. The summed E-state index contributed by atoms with van der Waals surface area (Å²) < 4.78 is 57.2. The van der Waals surface area contributed by atoms with Crippen molar-refractivity contribution in [2.24, 2.45) is 0 Å². The van der Waals surface area contributed by atoms with Crippen molar-refractivity contribution in [2.45, 2.75) is 34.7 Å². The van der Waals surface area contributed by atoms with Gasteiger partial charge in [0.15, 0.2) is 0 Å². The van der Waals surface area contributed by atoms with Gasteiger partial charge < -0.3 is 0 Å². The lowest BCUT2D eigenvalue weighted by Gasteiger charge is -2.43. The van der Waals surface area contributed by atoms with Gasteiger partial charge in [0, 0.05) is 22.9 Å². The predicted molar refractivity (Wildman–Crippen MR) is 159 cm³/mol. The lowest BCUT2D eigenvalue weighted by molar-refractivity contribution is -0.150. The minimum atomic E-state index is -4.63. The number of nitrogens with zero attached hydrogens (tertiary/aromatic N) is 2. The van der Waals surface area contributed by atoms with Crippen LogP contribution in [0.4, 0.5) is 0 Å². The van der Waals surface area contributed by atoms with E-state index in [1.54, 1.807) is 60.7 Å². The van der Waals surface area contributed by atoms with Crippen LogP contribution < -0.4 is 0 Å². The molecule has 0 N–H and O–H groups in total. The molecule has 12 heteroatoms. The quantitative estimate of drug-likeness (QED) is 0.269. The molecule has 42 heavy (non-hydrogen) atoms. The van der Waals surface area contributed by atoms with E-state index in [0.717, 1.165) is 0 Å². The summed E-state index contributed by atoms with van der Waals surface area (Å²) >= 11 is 11.9. The zero-order valence-corrected chi connectivity index (χ0v) is 25.0. The van der Waals surface area contributed by atoms with E-state index in [-0.39, 0.29) is 32.7 Å². The summed E-state index contributed by atoms with van der Waals surface area (Å²) in [5.41, 5.74) is 1.07. The maximum absolute atomic E-state index is 14.3. The van der Waals surface area contributed by atoms with Gasteiger partial charge in [-0.05, 0) is 59.7 Å². The molecule has 1 aliphatic heterocycles. The molecule has 5 rings (SSSR count). The Morgan fingerprint density at radius 2 is 0.810 bits per heavy atom. The number of rotatable bonds is 8.